The number of aryl methyl sites for hydroxylation is 1. The van der Waals surface area contributed by atoms with Gasteiger partial charge in [0.15, 0.2) is 23.3 Å². The zero-order valence-corrected chi connectivity index (χ0v) is 22.0. The van der Waals surface area contributed by atoms with E-state index in [0.29, 0.717) is 6.54 Å². The van der Waals surface area contributed by atoms with Crippen LogP contribution in [0.25, 0.3) is 0 Å². The minimum absolute atomic E-state index is 0. The number of benzene rings is 1. The SMILES string of the molecule is CCNC(=NCc1nncn1CC)NCC1(c2ccc(OC)c(OC)c2)CCCCC1.I. The molecule has 8 nitrogen and oxygen atoms in total. The smallest absolute Gasteiger partial charge is 0.191 e. The van der Waals surface area contributed by atoms with Crippen LogP contribution in [-0.4, -0.2) is 48.0 Å². The molecule has 0 amide bonds. The largest absolute Gasteiger partial charge is 0.493 e. The van der Waals surface area contributed by atoms with Gasteiger partial charge in [0.1, 0.15) is 12.9 Å². The molecule has 0 radical (unpaired) electrons. The van der Waals surface area contributed by atoms with Crippen molar-refractivity contribution in [1.29, 1.82) is 0 Å². The highest BCUT2D eigenvalue weighted by atomic mass is 127. The van der Waals surface area contributed by atoms with Gasteiger partial charge in [-0.15, -0.1) is 34.2 Å². The number of ether oxygens (including phenoxy) is 2. The third-order valence-electron chi connectivity index (χ3n) is 6.16. The molecule has 1 saturated carbocycles. The molecule has 2 N–H and O–H groups in total. The molecule has 0 bridgehead atoms. The Bertz CT molecular complexity index is 864. The molecule has 0 spiro atoms. The fourth-order valence-corrected chi connectivity index (χ4v) is 4.37. The van der Waals surface area contributed by atoms with Gasteiger partial charge in [-0.1, -0.05) is 25.3 Å². The van der Waals surface area contributed by atoms with E-state index in [4.69, 9.17) is 14.5 Å². The normalized spacial score (nSPS) is 15.6. The summed E-state index contributed by atoms with van der Waals surface area (Å²) in [6.07, 6.45) is 7.76. The molecule has 178 valence electrons. The summed E-state index contributed by atoms with van der Waals surface area (Å²) in [7, 11) is 3.37. The second-order valence-corrected chi connectivity index (χ2v) is 7.99. The topological polar surface area (TPSA) is 85.6 Å². The van der Waals surface area contributed by atoms with E-state index in [-0.39, 0.29) is 29.4 Å². The molecule has 1 aliphatic carbocycles. The van der Waals surface area contributed by atoms with Crippen molar-refractivity contribution in [1.82, 2.24) is 25.4 Å². The number of hydrogen-bond donors (Lipinski definition) is 2. The first-order valence-corrected chi connectivity index (χ1v) is 11.3. The zero-order chi connectivity index (χ0) is 22.1. The fourth-order valence-electron chi connectivity index (χ4n) is 4.37. The van der Waals surface area contributed by atoms with Gasteiger partial charge in [-0.25, -0.2) is 4.99 Å². The van der Waals surface area contributed by atoms with Crippen molar-refractivity contribution in [3.05, 3.63) is 35.9 Å². The summed E-state index contributed by atoms with van der Waals surface area (Å²) in [5.74, 6) is 3.22. The number of aliphatic imine (C=N–C) groups is 1. The third-order valence-corrected chi connectivity index (χ3v) is 6.16. The molecule has 2 aromatic rings. The molecule has 32 heavy (non-hydrogen) atoms. The van der Waals surface area contributed by atoms with Gasteiger partial charge in [0.25, 0.3) is 0 Å². The van der Waals surface area contributed by atoms with E-state index in [1.54, 1.807) is 20.5 Å². The fraction of sp³-hybridized carbons (Fsp3) is 0.609. The Kier molecular flexibility index (Phi) is 10.5. The van der Waals surface area contributed by atoms with Gasteiger partial charge >= 0.3 is 0 Å². The highest BCUT2D eigenvalue weighted by Gasteiger charge is 2.34. The number of guanidine groups is 1. The van der Waals surface area contributed by atoms with E-state index in [1.807, 2.05) is 10.6 Å². The van der Waals surface area contributed by atoms with Crippen LogP contribution in [0.5, 0.6) is 11.5 Å². The standard InChI is InChI=1S/C23H36N6O2.HI/c1-5-24-22(25-15-21-28-27-17-29(21)6-2)26-16-23(12-8-7-9-13-23)18-10-11-19(30-3)20(14-18)31-4;/h10-11,14,17H,5-9,12-13,15-16H2,1-4H3,(H2,24,25,26);1H. The monoisotopic (exact) mass is 556 g/mol. The zero-order valence-electron chi connectivity index (χ0n) is 19.7. The minimum Gasteiger partial charge on any atom is -0.493 e. The highest BCUT2D eigenvalue weighted by molar-refractivity contribution is 14.0. The van der Waals surface area contributed by atoms with Crippen LogP contribution in [0.3, 0.4) is 0 Å². The number of nitrogens with one attached hydrogen (secondary N) is 2. The summed E-state index contributed by atoms with van der Waals surface area (Å²) < 4.78 is 13.0. The van der Waals surface area contributed by atoms with Crippen LogP contribution in [-0.2, 0) is 18.5 Å². The van der Waals surface area contributed by atoms with Crippen LogP contribution in [0.4, 0.5) is 0 Å². The maximum Gasteiger partial charge on any atom is 0.191 e. The molecule has 1 fully saturated rings. The Hall–Kier alpha value is -2.04. The van der Waals surface area contributed by atoms with Gasteiger partial charge in [-0.3, -0.25) is 0 Å². The van der Waals surface area contributed by atoms with Crippen LogP contribution in [0.15, 0.2) is 29.5 Å². The van der Waals surface area contributed by atoms with Crippen molar-refractivity contribution < 1.29 is 9.47 Å². The maximum absolute atomic E-state index is 5.58. The lowest BCUT2D eigenvalue weighted by atomic mass is 9.69. The average Bonchev–Trinajstić information content (AvgIpc) is 3.28. The van der Waals surface area contributed by atoms with Gasteiger partial charge in [0.05, 0.1) is 14.2 Å². The van der Waals surface area contributed by atoms with E-state index in [2.05, 4.69) is 46.8 Å². The van der Waals surface area contributed by atoms with Crippen LogP contribution in [0, 0.1) is 0 Å². The van der Waals surface area contributed by atoms with Crippen molar-refractivity contribution >= 4 is 29.9 Å². The van der Waals surface area contributed by atoms with Gasteiger partial charge in [-0.2, -0.15) is 0 Å². The summed E-state index contributed by atoms with van der Waals surface area (Å²) in [6.45, 7) is 7.10. The Balaban J connectivity index is 0.00000363. The second-order valence-electron chi connectivity index (χ2n) is 7.99. The number of methoxy groups -OCH3 is 2. The number of nitrogens with zero attached hydrogens (tertiary/aromatic N) is 4. The Morgan fingerprint density at radius 1 is 1.09 bits per heavy atom. The number of rotatable bonds is 9. The molecule has 1 aromatic heterocycles. The molecule has 1 aliphatic rings. The Morgan fingerprint density at radius 2 is 1.84 bits per heavy atom. The van der Waals surface area contributed by atoms with Crippen LogP contribution < -0.4 is 20.1 Å². The van der Waals surface area contributed by atoms with Gasteiger partial charge in [0.2, 0.25) is 0 Å². The quantitative estimate of drug-likeness (QED) is 0.277. The molecule has 1 aromatic carbocycles. The Morgan fingerprint density at radius 3 is 2.50 bits per heavy atom. The lowest BCUT2D eigenvalue weighted by molar-refractivity contribution is 0.288. The molecule has 0 aliphatic heterocycles. The van der Waals surface area contributed by atoms with Crippen molar-refractivity contribution in [3.63, 3.8) is 0 Å². The summed E-state index contributed by atoms with van der Waals surface area (Å²) >= 11 is 0. The molecule has 1 heterocycles. The first kappa shape index (κ1) is 26.2. The number of halogens is 1. The summed E-state index contributed by atoms with van der Waals surface area (Å²) in [5, 5.41) is 15.2. The lowest BCUT2D eigenvalue weighted by Crippen LogP contribution is -2.46. The predicted molar refractivity (Wildman–Crippen MR) is 138 cm³/mol. The second kappa shape index (κ2) is 12.9. The molecule has 9 heteroatoms. The van der Waals surface area contributed by atoms with Crippen molar-refractivity contribution in [2.24, 2.45) is 4.99 Å². The van der Waals surface area contributed by atoms with Crippen LogP contribution in [0.1, 0.15) is 57.3 Å². The van der Waals surface area contributed by atoms with E-state index >= 15 is 0 Å². The molecular formula is C23H37IN6O2. The highest BCUT2D eigenvalue weighted by Crippen LogP contribution is 2.42. The minimum atomic E-state index is 0. The third kappa shape index (κ3) is 6.26. The van der Waals surface area contributed by atoms with Crippen molar-refractivity contribution in [3.8, 4) is 11.5 Å². The van der Waals surface area contributed by atoms with E-state index in [1.165, 1.54) is 24.8 Å². The van der Waals surface area contributed by atoms with Gasteiger partial charge < -0.3 is 24.7 Å². The van der Waals surface area contributed by atoms with E-state index in [0.717, 1.165) is 55.8 Å². The summed E-state index contributed by atoms with van der Waals surface area (Å²) in [5.41, 5.74) is 1.33. The van der Waals surface area contributed by atoms with E-state index < -0.39 is 0 Å². The van der Waals surface area contributed by atoms with Gasteiger partial charge in [-0.05, 0) is 44.4 Å². The first-order valence-electron chi connectivity index (χ1n) is 11.3. The molecule has 3 rings (SSSR count). The summed E-state index contributed by atoms with van der Waals surface area (Å²) in [6, 6.07) is 6.34. The number of hydrogen-bond acceptors (Lipinski definition) is 5. The van der Waals surface area contributed by atoms with Crippen LogP contribution >= 0.6 is 24.0 Å². The van der Waals surface area contributed by atoms with E-state index in [9.17, 15) is 0 Å². The average molecular weight is 556 g/mol. The molecule has 0 unspecified atom stereocenters. The number of aromatic nitrogens is 3. The lowest BCUT2D eigenvalue weighted by Gasteiger charge is -2.38. The van der Waals surface area contributed by atoms with Gasteiger partial charge in [0, 0.05) is 25.0 Å². The van der Waals surface area contributed by atoms with Crippen LogP contribution in [0.2, 0.25) is 0 Å². The van der Waals surface area contributed by atoms with Crippen molar-refractivity contribution in [2.75, 3.05) is 27.3 Å². The first-order chi connectivity index (χ1) is 15.2. The molecular weight excluding hydrogens is 519 g/mol. The molecule has 0 saturated heterocycles. The Labute approximate surface area is 208 Å². The summed E-state index contributed by atoms with van der Waals surface area (Å²) in [4.78, 5) is 4.76. The van der Waals surface area contributed by atoms with Crippen molar-refractivity contribution in [2.45, 2.75) is 64.5 Å². The maximum atomic E-state index is 5.58. The molecule has 0 atom stereocenters. The predicted octanol–water partition coefficient (Wildman–Crippen LogP) is 3.89.